The lowest BCUT2D eigenvalue weighted by Gasteiger charge is -2.29. The zero-order valence-corrected chi connectivity index (χ0v) is 14.4. The first-order chi connectivity index (χ1) is 10.9. The number of hydrogen-bond acceptors (Lipinski definition) is 4. The smallest absolute Gasteiger partial charge is 0.340 e. The van der Waals surface area contributed by atoms with Gasteiger partial charge in [0, 0.05) is 11.1 Å². The molecular weight excluding hydrogens is 339 g/mol. The zero-order valence-electron chi connectivity index (χ0n) is 12.9. The number of amides is 1. The van der Waals surface area contributed by atoms with Crippen LogP contribution in [0.3, 0.4) is 0 Å². The number of halogens is 2. The third-order valence-corrected chi connectivity index (χ3v) is 4.64. The third-order valence-electron chi connectivity index (χ3n) is 4.11. The molecule has 0 heterocycles. The molecular formula is C16H20Cl2N2O3. The van der Waals surface area contributed by atoms with Crippen molar-refractivity contribution in [3.8, 4) is 0 Å². The van der Waals surface area contributed by atoms with Crippen molar-refractivity contribution in [3.05, 3.63) is 27.7 Å². The molecule has 3 N–H and O–H groups in total. The summed E-state index contributed by atoms with van der Waals surface area (Å²) in [5.74, 6) is -0.603. The fourth-order valence-electron chi connectivity index (χ4n) is 2.74. The number of hydrogen-bond donors (Lipinski definition) is 2. The van der Waals surface area contributed by atoms with Crippen LogP contribution in [0.4, 0.5) is 5.69 Å². The number of nitrogens with two attached hydrogens (primary N) is 1. The van der Waals surface area contributed by atoms with E-state index in [-0.39, 0.29) is 39.9 Å². The lowest BCUT2D eigenvalue weighted by Crippen LogP contribution is -2.42. The first-order valence-corrected chi connectivity index (χ1v) is 8.35. The van der Waals surface area contributed by atoms with Gasteiger partial charge in [-0.25, -0.2) is 4.79 Å². The van der Waals surface area contributed by atoms with Gasteiger partial charge in [-0.05, 0) is 30.9 Å². The van der Waals surface area contributed by atoms with Crippen LogP contribution in [0.2, 0.25) is 10.0 Å². The van der Waals surface area contributed by atoms with Crippen LogP contribution in [0, 0.1) is 5.92 Å². The van der Waals surface area contributed by atoms with E-state index in [0.717, 1.165) is 19.3 Å². The summed E-state index contributed by atoms with van der Waals surface area (Å²) in [6, 6.07) is 2.94. The zero-order chi connectivity index (χ0) is 17.0. The van der Waals surface area contributed by atoms with E-state index < -0.39 is 5.97 Å². The Labute approximate surface area is 145 Å². The third kappa shape index (κ3) is 4.75. The first-order valence-electron chi connectivity index (χ1n) is 7.59. The normalized spacial score (nSPS) is 20.8. The molecule has 0 aromatic heterocycles. The van der Waals surface area contributed by atoms with Gasteiger partial charge < -0.3 is 15.8 Å². The molecule has 0 spiro atoms. The van der Waals surface area contributed by atoms with Gasteiger partial charge in [-0.15, -0.1) is 0 Å². The SMILES string of the molecule is C[C@@H]1CCCC[C@H]1NC(=O)COC(=O)c1cc(Cl)cc(Cl)c1N. The summed E-state index contributed by atoms with van der Waals surface area (Å²) in [4.78, 5) is 24.0. The van der Waals surface area contributed by atoms with Gasteiger partial charge in [-0.2, -0.15) is 0 Å². The van der Waals surface area contributed by atoms with E-state index in [4.69, 9.17) is 33.7 Å². The van der Waals surface area contributed by atoms with Gasteiger partial charge in [0.25, 0.3) is 5.91 Å². The summed E-state index contributed by atoms with van der Waals surface area (Å²) >= 11 is 11.7. The largest absolute Gasteiger partial charge is 0.452 e. The highest BCUT2D eigenvalue weighted by atomic mass is 35.5. The second-order valence-corrected chi connectivity index (χ2v) is 6.70. The van der Waals surface area contributed by atoms with Gasteiger partial charge in [0.15, 0.2) is 6.61 Å². The minimum Gasteiger partial charge on any atom is -0.452 e. The Morgan fingerprint density at radius 1 is 1.30 bits per heavy atom. The average Bonchev–Trinajstić information content (AvgIpc) is 2.50. The summed E-state index contributed by atoms with van der Waals surface area (Å²) in [5, 5.41) is 3.36. The highest BCUT2D eigenvalue weighted by molar-refractivity contribution is 6.37. The molecule has 0 unspecified atom stereocenters. The monoisotopic (exact) mass is 358 g/mol. The van der Waals surface area contributed by atoms with Crippen molar-refractivity contribution in [2.75, 3.05) is 12.3 Å². The Balaban J connectivity index is 1.90. The molecule has 2 atom stereocenters. The maximum atomic E-state index is 12.0. The second kappa shape index (κ2) is 7.88. The number of nitrogen functional groups attached to an aromatic ring is 1. The molecule has 1 saturated carbocycles. The Morgan fingerprint density at radius 2 is 2.00 bits per heavy atom. The van der Waals surface area contributed by atoms with Crippen LogP contribution in [0.25, 0.3) is 0 Å². The number of rotatable bonds is 4. The highest BCUT2D eigenvalue weighted by Gasteiger charge is 2.23. The van der Waals surface area contributed by atoms with Crippen molar-refractivity contribution in [1.29, 1.82) is 0 Å². The molecule has 1 aliphatic rings. The molecule has 5 nitrogen and oxygen atoms in total. The molecule has 0 bridgehead atoms. The van der Waals surface area contributed by atoms with E-state index in [1.54, 1.807) is 0 Å². The minimum atomic E-state index is -0.723. The molecule has 1 aliphatic carbocycles. The molecule has 1 aromatic carbocycles. The van der Waals surface area contributed by atoms with E-state index in [0.29, 0.717) is 5.92 Å². The van der Waals surface area contributed by atoms with Gasteiger partial charge in [0.1, 0.15) is 0 Å². The molecule has 7 heteroatoms. The van der Waals surface area contributed by atoms with Crippen molar-refractivity contribution >= 4 is 40.8 Å². The number of ether oxygens (including phenoxy) is 1. The Kier molecular flexibility index (Phi) is 6.13. The van der Waals surface area contributed by atoms with Gasteiger partial charge in [0.05, 0.1) is 16.3 Å². The Bertz CT molecular complexity index is 607. The Morgan fingerprint density at radius 3 is 2.70 bits per heavy atom. The molecule has 0 radical (unpaired) electrons. The fourth-order valence-corrected chi connectivity index (χ4v) is 3.24. The van der Waals surface area contributed by atoms with Crippen LogP contribution >= 0.6 is 23.2 Å². The summed E-state index contributed by atoms with van der Waals surface area (Å²) < 4.78 is 5.01. The summed E-state index contributed by atoms with van der Waals surface area (Å²) in [7, 11) is 0. The lowest BCUT2D eigenvalue weighted by atomic mass is 9.86. The standard InChI is InChI=1S/C16H20Cl2N2O3/c1-9-4-2-3-5-13(9)20-14(21)8-23-16(22)11-6-10(17)7-12(18)15(11)19/h6-7,9,13H,2-5,8,19H2,1H3,(H,20,21)/t9-,13-/m1/s1. The summed E-state index contributed by atoms with van der Waals surface area (Å²) in [6.07, 6.45) is 4.35. The van der Waals surface area contributed by atoms with Crippen LogP contribution in [0.5, 0.6) is 0 Å². The number of benzene rings is 1. The van der Waals surface area contributed by atoms with Gasteiger partial charge in [-0.1, -0.05) is 43.0 Å². The average molecular weight is 359 g/mol. The number of carbonyl (C=O) groups excluding carboxylic acids is 2. The number of nitrogens with one attached hydrogen (secondary N) is 1. The minimum absolute atomic E-state index is 0.0568. The van der Waals surface area contributed by atoms with E-state index in [2.05, 4.69) is 12.2 Å². The Hall–Kier alpha value is -1.46. The highest BCUT2D eigenvalue weighted by Crippen LogP contribution is 2.28. The second-order valence-electron chi connectivity index (χ2n) is 5.86. The van der Waals surface area contributed by atoms with Crippen LogP contribution in [0.1, 0.15) is 43.0 Å². The molecule has 0 aliphatic heterocycles. The summed E-state index contributed by atoms with van der Waals surface area (Å²) in [6.45, 7) is 1.76. The van der Waals surface area contributed by atoms with Crippen molar-refractivity contribution in [3.63, 3.8) is 0 Å². The van der Waals surface area contributed by atoms with E-state index in [1.165, 1.54) is 18.6 Å². The van der Waals surface area contributed by atoms with Crippen LogP contribution in [-0.2, 0) is 9.53 Å². The van der Waals surface area contributed by atoms with Gasteiger partial charge in [-0.3, -0.25) is 4.79 Å². The maximum Gasteiger partial charge on any atom is 0.340 e. The number of anilines is 1. The van der Waals surface area contributed by atoms with Gasteiger partial charge >= 0.3 is 5.97 Å². The quantitative estimate of drug-likeness (QED) is 0.638. The predicted octanol–water partition coefficient (Wildman–Crippen LogP) is 3.43. The van der Waals surface area contributed by atoms with E-state index in [1.807, 2.05) is 0 Å². The van der Waals surface area contributed by atoms with Crippen molar-refractivity contribution in [2.45, 2.75) is 38.6 Å². The van der Waals surface area contributed by atoms with Gasteiger partial charge in [0.2, 0.25) is 0 Å². The van der Waals surface area contributed by atoms with Crippen LogP contribution in [-0.4, -0.2) is 24.5 Å². The molecule has 1 aromatic rings. The topological polar surface area (TPSA) is 81.4 Å². The van der Waals surface area contributed by atoms with Crippen molar-refractivity contribution in [2.24, 2.45) is 5.92 Å². The maximum absolute atomic E-state index is 12.0. The van der Waals surface area contributed by atoms with E-state index >= 15 is 0 Å². The predicted molar refractivity (Wildman–Crippen MR) is 90.7 cm³/mol. The van der Waals surface area contributed by atoms with Crippen molar-refractivity contribution in [1.82, 2.24) is 5.32 Å². The van der Waals surface area contributed by atoms with Crippen LogP contribution in [0.15, 0.2) is 12.1 Å². The lowest BCUT2D eigenvalue weighted by molar-refractivity contribution is -0.125. The fraction of sp³-hybridized carbons (Fsp3) is 0.500. The molecule has 0 saturated heterocycles. The molecule has 1 fully saturated rings. The first kappa shape index (κ1) is 17.9. The van der Waals surface area contributed by atoms with Crippen LogP contribution < -0.4 is 11.1 Å². The van der Waals surface area contributed by atoms with E-state index in [9.17, 15) is 9.59 Å². The molecule has 126 valence electrons. The molecule has 23 heavy (non-hydrogen) atoms. The number of carbonyl (C=O) groups is 2. The molecule has 2 rings (SSSR count). The molecule has 1 amide bonds. The van der Waals surface area contributed by atoms with Crippen molar-refractivity contribution < 1.29 is 14.3 Å². The summed E-state index contributed by atoms with van der Waals surface area (Å²) in [5.41, 5.74) is 5.88. The number of esters is 1.